The fraction of sp³-hybridized carbons (Fsp3) is 0.353. The number of ether oxygens (including phenoxy) is 1. The van der Waals surface area contributed by atoms with Crippen LogP contribution in [0.4, 0.5) is 0 Å². The molecule has 1 aromatic carbocycles. The Hall–Kier alpha value is -1.86. The van der Waals surface area contributed by atoms with E-state index >= 15 is 0 Å². The molecule has 2 rings (SSSR count). The van der Waals surface area contributed by atoms with E-state index in [1.54, 1.807) is 6.08 Å². The van der Waals surface area contributed by atoms with E-state index in [0.29, 0.717) is 28.8 Å². The van der Waals surface area contributed by atoms with Gasteiger partial charge >= 0.3 is 5.97 Å². The molecule has 1 N–H and O–H groups in total. The number of benzene rings is 1. The number of amides is 1. The van der Waals surface area contributed by atoms with Crippen LogP contribution in [0.5, 0.6) is 5.75 Å². The molecule has 0 unspecified atom stereocenters. The molecule has 1 fully saturated rings. The molecule has 0 radical (unpaired) electrons. The van der Waals surface area contributed by atoms with Crippen molar-refractivity contribution in [2.75, 3.05) is 13.2 Å². The van der Waals surface area contributed by atoms with E-state index in [-0.39, 0.29) is 12.3 Å². The number of nitrogens with zero attached hydrogens (tertiary/aromatic N) is 1. The number of carbonyl (C=O) groups is 2. The number of hydrogen-bond donors (Lipinski definition) is 1. The lowest BCUT2D eigenvalue weighted by molar-refractivity contribution is -0.137. The van der Waals surface area contributed by atoms with Gasteiger partial charge in [0.15, 0.2) is 0 Å². The van der Waals surface area contributed by atoms with Crippen LogP contribution < -0.4 is 4.74 Å². The molecule has 128 valence electrons. The monoisotopic (exact) mass is 365 g/mol. The molecule has 1 heterocycles. The van der Waals surface area contributed by atoms with Gasteiger partial charge < -0.3 is 9.84 Å². The molecule has 0 atom stereocenters. The Bertz CT molecular complexity index is 672. The van der Waals surface area contributed by atoms with E-state index in [1.165, 1.54) is 16.7 Å². The Morgan fingerprint density at radius 1 is 1.46 bits per heavy atom. The first kappa shape index (κ1) is 18.5. The molecule has 0 spiro atoms. The molecule has 1 aliphatic heterocycles. The summed E-state index contributed by atoms with van der Waals surface area (Å²) in [6.45, 7) is 3.02. The zero-order valence-electron chi connectivity index (χ0n) is 13.4. The van der Waals surface area contributed by atoms with Crippen LogP contribution in [0, 0.1) is 0 Å². The predicted molar refractivity (Wildman–Crippen MR) is 99.0 cm³/mol. The van der Waals surface area contributed by atoms with E-state index in [4.69, 9.17) is 22.1 Å². The molecule has 0 aliphatic carbocycles. The van der Waals surface area contributed by atoms with E-state index in [0.717, 1.165) is 17.7 Å². The number of hydrogen-bond acceptors (Lipinski definition) is 5. The Morgan fingerprint density at radius 3 is 2.96 bits per heavy atom. The maximum Gasteiger partial charge on any atom is 0.303 e. The summed E-state index contributed by atoms with van der Waals surface area (Å²) < 4.78 is 6.06. The fourth-order valence-corrected chi connectivity index (χ4v) is 3.46. The van der Waals surface area contributed by atoms with Crippen LogP contribution in [0.3, 0.4) is 0 Å². The average Bonchev–Trinajstić information content (AvgIpc) is 2.80. The average molecular weight is 365 g/mol. The maximum absolute atomic E-state index is 12.4. The first-order valence-corrected chi connectivity index (χ1v) is 8.93. The standard InChI is InChI=1S/C17H19NO4S2/c1-2-9-22-13-6-3-5-12(10-13)11-14-16(21)18(17(23)24-14)8-4-7-15(19)20/h3,5-6,10-11H,2,4,7-9H2,1H3,(H,19,20)/b14-11-. The second-order valence-electron chi connectivity index (χ2n) is 5.25. The summed E-state index contributed by atoms with van der Waals surface area (Å²) >= 11 is 6.47. The van der Waals surface area contributed by atoms with Gasteiger partial charge in [0.2, 0.25) is 0 Å². The number of rotatable bonds is 8. The molecular formula is C17H19NO4S2. The van der Waals surface area contributed by atoms with Crippen LogP contribution in [0.15, 0.2) is 29.2 Å². The Labute approximate surface area is 150 Å². The van der Waals surface area contributed by atoms with Gasteiger partial charge in [0.1, 0.15) is 10.1 Å². The van der Waals surface area contributed by atoms with Crippen LogP contribution in [0.25, 0.3) is 6.08 Å². The van der Waals surface area contributed by atoms with Crippen molar-refractivity contribution >= 4 is 46.3 Å². The van der Waals surface area contributed by atoms with E-state index in [2.05, 4.69) is 0 Å². The smallest absolute Gasteiger partial charge is 0.303 e. The van der Waals surface area contributed by atoms with Crippen molar-refractivity contribution < 1.29 is 19.4 Å². The molecular weight excluding hydrogens is 346 g/mol. The molecule has 0 bridgehead atoms. The van der Waals surface area contributed by atoms with Crippen molar-refractivity contribution in [3.63, 3.8) is 0 Å². The van der Waals surface area contributed by atoms with Gasteiger partial charge in [0, 0.05) is 13.0 Å². The lowest BCUT2D eigenvalue weighted by Crippen LogP contribution is -2.29. The third-order valence-electron chi connectivity index (χ3n) is 3.27. The summed E-state index contributed by atoms with van der Waals surface area (Å²) in [6.07, 6.45) is 3.12. The Morgan fingerprint density at radius 2 is 2.25 bits per heavy atom. The minimum Gasteiger partial charge on any atom is -0.494 e. The molecule has 1 aliphatic rings. The molecule has 1 saturated heterocycles. The molecule has 7 heteroatoms. The van der Waals surface area contributed by atoms with Gasteiger partial charge in [0.05, 0.1) is 11.5 Å². The van der Waals surface area contributed by atoms with Gasteiger partial charge in [-0.05, 0) is 36.6 Å². The van der Waals surface area contributed by atoms with Gasteiger partial charge in [-0.1, -0.05) is 43.0 Å². The summed E-state index contributed by atoms with van der Waals surface area (Å²) in [4.78, 5) is 25.0. The third kappa shape index (κ3) is 5.07. The predicted octanol–water partition coefficient (Wildman–Crippen LogP) is 3.54. The Balaban J connectivity index is 2.06. The van der Waals surface area contributed by atoms with Crippen molar-refractivity contribution in [3.8, 4) is 5.75 Å². The minimum absolute atomic E-state index is 0.0208. The fourth-order valence-electron chi connectivity index (χ4n) is 2.15. The number of carbonyl (C=O) groups excluding carboxylic acids is 1. The van der Waals surface area contributed by atoms with Gasteiger partial charge in [-0.2, -0.15) is 0 Å². The topological polar surface area (TPSA) is 66.8 Å². The zero-order chi connectivity index (χ0) is 17.5. The zero-order valence-corrected chi connectivity index (χ0v) is 15.0. The molecule has 0 saturated carbocycles. The second-order valence-corrected chi connectivity index (χ2v) is 6.93. The van der Waals surface area contributed by atoms with Gasteiger partial charge in [-0.15, -0.1) is 0 Å². The normalized spacial score (nSPS) is 16.0. The molecule has 5 nitrogen and oxygen atoms in total. The van der Waals surface area contributed by atoms with Gasteiger partial charge in [0.25, 0.3) is 5.91 Å². The van der Waals surface area contributed by atoms with Crippen LogP contribution in [-0.4, -0.2) is 39.4 Å². The highest BCUT2D eigenvalue weighted by molar-refractivity contribution is 8.26. The lowest BCUT2D eigenvalue weighted by Gasteiger charge is -2.13. The first-order valence-electron chi connectivity index (χ1n) is 7.71. The van der Waals surface area contributed by atoms with Crippen molar-refractivity contribution in [2.24, 2.45) is 0 Å². The third-order valence-corrected chi connectivity index (χ3v) is 4.65. The number of thioether (sulfide) groups is 1. The molecule has 24 heavy (non-hydrogen) atoms. The summed E-state index contributed by atoms with van der Waals surface area (Å²) in [7, 11) is 0. The summed E-state index contributed by atoms with van der Waals surface area (Å²) in [6, 6.07) is 7.54. The van der Waals surface area contributed by atoms with Crippen LogP contribution >= 0.6 is 24.0 Å². The number of aliphatic carboxylic acids is 1. The molecule has 1 aromatic rings. The van der Waals surface area contributed by atoms with Crippen molar-refractivity contribution in [1.82, 2.24) is 4.90 Å². The second kappa shape index (κ2) is 8.84. The molecule has 0 aromatic heterocycles. The van der Waals surface area contributed by atoms with Crippen LogP contribution in [0.1, 0.15) is 31.7 Å². The maximum atomic E-state index is 12.4. The van der Waals surface area contributed by atoms with Crippen LogP contribution in [0.2, 0.25) is 0 Å². The van der Waals surface area contributed by atoms with E-state index < -0.39 is 5.97 Å². The largest absolute Gasteiger partial charge is 0.494 e. The van der Waals surface area contributed by atoms with E-state index in [1.807, 2.05) is 31.2 Å². The summed E-state index contributed by atoms with van der Waals surface area (Å²) in [5, 5.41) is 8.69. The van der Waals surface area contributed by atoms with Crippen molar-refractivity contribution in [2.45, 2.75) is 26.2 Å². The van der Waals surface area contributed by atoms with Crippen LogP contribution in [-0.2, 0) is 9.59 Å². The minimum atomic E-state index is -0.875. The van der Waals surface area contributed by atoms with Crippen molar-refractivity contribution in [1.29, 1.82) is 0 Å². The molecule has 1 amide bonds. The number of carboxylic acids is 1. The first-order chi connectivity index (χ1) is 11.5. The number of carboxylic acid groups (broad SMARTS) is 1. The van der Waals surface area contributed by atoms with Gasteiger partial charge in [-0.3, -0.25) is 14.5 Å². The quantitative estimate of drug-likeness (QED) is 0.561. The SMILES string of the molecule is CCCOc1cccc(/C=C2\SC(=S)N(CCCC(=O)O)C2=O)c1. The number of thiocarbonyl (C=S) groups is 1. The highest BCUT2D eigenvalue weighted by Crippen LogP contribution is 2.33. The lowest BCUT2D eigenvalue weighted by atomic mass is 10.2. The Kier molecular flexibility index (Phi) is 6.81. The van der Waals surface area contributed by atoms with E-state index in [9.17, 15) is 9.59 Å². The van der Waals surface area contributed by atoms with Gasteiger partial charge in [-0.25, -0.2) is 0 Å². The van der Waals surface area contributed by atoms with Crippen molar-refractivity contribution in [3.05, 3.63) is 34.7 Å². The highest BCUT2D eigenvalue weighted by atomic mass is 32.2. The highest BCUT2D eigenvalue weighted by Gasteiger charge is 2.31. The summed E-state index contributed by atoms with van der Waals surface area (Å²) in [5.41, 5.74) is 0.870. The summed E-state index contributed by atoms with van der Waals surface area (Å²) in [5.74, 6) is -0.280.